The summed E-state index contributed by atoms with van der Waals surface area (Å²) in [5.41, 5.74) is 0.962. The summed E-state index contributed by atoms with van der Waals surface area (Å²) in [7, 11) is 0. The van der Waals surface area contributed by atoms with Crippen LogP contribution >= 0.6 is 15.9 Å². The Balaban J connectivity index is 1.46. The number of hydrogen-bond acceptors (Lipinski definition) is 6. The predicted octanol–water partition coefficient (Wildman–Crippen LogP) is 6.88. The SMILES string of the molecule is Cc1cccc(Oc2cc(NC(=O)c3ccc(COc4ccc(Br)cc4)o3)cc([N+](=O)[O-])c2)c1. The van der Waals surface area contributed by atoms with Crippen LogP contribution in [-0.4, -0.2) is 10.8 Å². The highest BCUT2D eigenvalue weighted by Gasteiger charge is 2.16. The van der Waals surface area contributed by atoms with Crippen molar-refractivity contribution < 1.29 is 23.6 Å². The van der Waals surface area contributed by atoms with Gasteiger partial charge in [0.2, 0.25) is 0 Å². The van der Waals surface area contributed by atoms with Crippen LogP contribution in [0.5, 0.6) is 17.2 Å². The number of amides is 1. The number of furan rings is 1. The molecule has 0 aliphatic carbocycles. The standard InChI is InChI=1S/C25H19BrN2O6/c1-16-3-2-4-21(11-16)33-23-13-18(12-19(14-23)28(30)31)27-25(29)24-10-9-22(34-24)15-32-20-7-5-17(26)6-8-20/h2-14H,15H2,1H3,(H,27,29). The lowest BCUT2D eigenvalue weighted by Gasteiger charge is -2.09. The molecule has 34 heavy (non-hydrogen) atoms. The van der Waals surface area contributed by atoms with Gasteiger partial charge in [-0.05, 0) is 61.0 Å². The molecule has 0 fully saturated rings. The maximum atomic E-state index is 12.7. The number of ether oxygens (including phenoxy) is 2. The average molecular weight is 523 g/mol. The summed E-state index contributed by atoms with van der Waals surface area (Å²) in [4.78, 5) is 23.5. The van der Waals surface area contributed by atoms with Gasteiger partial charge in [-0.2, -0.15) is 0 Å². The number of nitro benzene ring substituents is 1. The van der Waals surface area contributed by atoms with E-state index < -0.39 is 10.8 Å². The molecule has 0 saturated carbocycles. The first kappa shape index (κ1) is 23.1. The van der Waals surface area contributed by atoms with Gasteiger partial charge in [0.25, 0.3) is 11.6 Å². The number of carbonyl (C=O) groups excluding carboxylic acids is 1. The van der Waals surface area contributed by atoms with E-state index >= 15 is 0 Å². The van der Waals surface area contributed by atoms with Gasteiger partial charge >= 0.3 is 0 Å². The van der Waals surface area contributed by atoms with E-state index in [1.807, 2.05) is 31.2 Å². The smallest absolute Gasteiger partial charge is 0.291 e. The van der Waals surface area contributed by atoms with Gasteiger partial charge in [0.05, 0.1) is 16.7 Å². The third kappa shape index (κ3) is 6.02. The number of nitro groups is 1. The molecule has 9 heteroatoms. The number of hydrogen-bond donors (Lipinski definition) is 1. The van der Waals surface area contributed by atoms with Crippen LogP contribution < -0.4 is 14.8 Å². The van der Waals surface area contributed by atoms with Crippen LogP contribution in [0.3, 0.4) is 0 Å². The molecule has 0 aliphatic rings. The Morgan fingerprint density at radius 2 is 1.79 bits per heavy atom. The topological polar surface area (TPSA) is 104 Å². The second kappa shape index (κ2) is 10.2. The summed E-state index contributed by atoms with van der Waals surface area (Å²) < 4.78 is 17.9. The first-order valence-electron chi connectivity index (χ1n) is 10.2. The van der Waals surface area contributed by atoms with Crippen LogP contribution in [0.25, 0.3) is 0 Å². The molecule has 0 radical (unpaired) electrons. The number of nitrogens with one attached hydrogen (secondary N) is 1. The van der Waals surface area contributed by atoms with Crippen molar-refractivity contribution >= 4 is 33.2 Å². The number of nitrogens with zero attached hydrogens (tertiary/aromatic N) is 1. The van der Waals surface area contributed by atoms with Crippen molar-refractivity contribution in [2.75, 3.05) is 5.32 Å². The van der Waals surface area contributed by atoms with Gasteiger partial charge in [0.15, 0.2) is 5.76 Å². The minimum absolute atomic E-state index is 0.0436. The fourth-order valence-electron chi connectivity index (χ4n) is 3.09. The quantitative estimate of drug-likeness (QED) is 0.199. The van der Waals surface area contributed by atoms with E-state index in [-0.39, 0.29) is 29.5 Å². The summed E-state index contributed by atoms with van der Waals surface area (Å²) in [5, 5.41) is 14.0. The highest BCUT2D eigenvalue weighted by atomic mass is 79.9. The monoisotopic (exact) mass is 522 g/mol. The van der Waals surface area contributed by atoms with E-state index in [4.69, 9.17) is 13.9 Å². The number of rotatable bonds is 8. The van der Waals surface area contributed by atoms with E-state index in [1.165, 1.54) is 24.3 Å². The van der Waals surface area contributed by atoms with Gasteiger partial charge in [-0.1, -0.05) is 28.1 Å². The molecule has 0 aliphatic heterocycles. The van der Waals surface area contributed by atoms with Crippen molar-refractivity contribution in [3.05, 3.63) is 111 Å². The molecular formula is C25H19BrN2O6. The third-order valence-corrected chi connectivity index (χ3v) is 5.19. The number of anilines is 1. The molecule has 0 atom stereocenters. The van der Waals surface area contributed by atoms with Gasteiger partial charge in [-0.15, -0.1) is 0 Å². The number of carbonyl (C=O) groups is 1. The van der Waals surface area contributed by atoms with Crippen LogP contribution in [0.1, 0.15) is 21.9 Å². The minimum Gasteiger partial charge on any atom is -0.486 e. The predicted molar refractivity (Wildman–Crippen MR) is 129 cm³/mol. The van der Waals surface area contributed by atoms with Crippen molar-refractivity contribution in [2.24, 2.45) is 0 Å². The van der Waals surface area contributed by atoms with Crippen molar-refractivity contribution in [1.29, 1.82) is 0 Å². The summed E-state index contributed by atoms with van der Waals surface area (Å²) >= 11 is 3.36. The highest BCUT2D eigenvalue weighted by molar-refractivity contribution is 9.10. The van der Waals surface area contributed by atoms with Crippen molar-refractivity contribution in [1.82, 2.24) is 0 Å². The molecule has 172 valence electrons. The van der Waals surface area contributed by atoms with E-state index in [9.17, 15) is 14.9 Å². The lowest BCUT2D eigenvalue weighted by atomic mass is 10.2. The molecule has 0 saturated heterocycles. The summed E-state index contributed by atoms with van der Waals surface area (Å²) in [6.45, 7) is 2.05. The Labute approximate surface area is 203 Å². The largest absolute Gasteiger partial charge is 0.486 e. The van der Waals surface area contributed by atoms with Gasteiger partial charge in [0, 0.05) is 16.6 Å². The zero-order chi connectivity index (χ0) is 24.1. The third-order valence-electron chi connectivity index (χ3n) is 4.67. The van der Waals surface area contributed by atoms with Gasteiger partial charge in [-0.3, -0.25) is 14.9 Å². The van der Waals surface area contributed by atoms with Crippen molar-refractivity contribution in [3.8, 4) is 17.2 Å². The first-order chi connectivity index (χ1) is 16.4. The van der Waals surface area contributed by atoms with Gasteiger partial charge < -0.3 is 19.2 Å². The average Bonchev–Trinajstić information content (AvgIpc) is 3.28. The molecule has 1 N–H and O–H groups in total. The number of non-ortho nitro benzene ring substituents is 1. The molecule has 3 aromatic carbocycles. The van der Waals surface area contributed by atoms with Crippen molar-refractivity contribution in [2.45, 2.75) is 13.5 Å². The zero-order valence-corrected chi connectivity index (χ0v) is 19.6. The summed E-state index contributed by atoms with van der Waals surface area (Å²) in [5.74, 6) is 1.34. The van der Waals surface area contributed by atoms with Crippen LogP contribution in [-0.2, 0) is 6.61 Å². The minimum atomic E-state index is -0.558. The molecule has 8 nitrogen and oxygen atoms in total. The number of halogens is 1. The fraction of sp³-hybridized carbons (Fsp3) is 0.0800. The molecule has 4 aromatic rings. The Bertz CT molecular complexity index is 1330. The molecule has 4 rings (SSSR count). The van der Waals surface area contributed by atoms with Gasteiger partial charge in [-0.25, -0.2) is 0 Å². The second-order valence-electron chi connectivity index (χ2n) is 7.35. The highest BCUT2D eigenvalue weighted by Crippen LogP contribution is 2.30. The zero-order valence-electron chi connectivity index (χ0n) is 18.0. The molecule has 1 amide bonds. The van der Waals surface area contributed by atoms with E-state index in [0.717, 1.165) is 10.0 Å². The maximum Gasteiger partial charge on any atom is 0.291 e. The molecule has 1 aromatic heterocycles. The Morgan fingerprint density at radius 1 is 1.00 bits per heavy atom. The van der Waals surface area contributed by atoms with Crippen molar-refractivity contribution in [3.63, 3.8) is 0 Å². The van der Waals surface area contributed by atoms with Crippen LogP contribution in [0, 0.1) is 17.0 Å². The van der Waals surface area contributed by atoms with Crippen LogP contribution in [0.2, 0.25) is 0 Å². The van der Waals surface area contributed by atoms with Crippen LogP contribution in [0.4, 0.5) is 11.4 Å². The Hall–Kier alpha value is -4.11. The molecule has 0 unspecified atom stereocenters. The summed E-state index contributed by atoms with van der Waals surface area (Å²) in [6, 6.07) is 21.8. The van der Waals surface area contributed by atoms with Crippen LogP contribution in [0.15, 0.2) is 87.8 Å². The second-order valence-corrected chi connectivity index (χ2v) is 8.27. The molecule has 0 bridgehead atoms. The van der Waals surface area contributed by atoms with E-state index in [0.29, 0.717) is 17.3 Å². The molecule has 1 heterocycles. The first-order valence-corrected chi connectivity index (χ1v) is 11.0. The lowest BCUT2D eigenvalue weighted by Crippen LogP contribution is -2.11. The van der Waals surface area contributed by atoms with Gasteiger partial charge in [0.1, 0.15) is 29.6 Å². The molecule has 0 spiro atoms. The normalized spacial score (nSPS) is 10.5. The number of aryl methyl sites for hydroxylation is 1. The van der Waals surface area contributed by atoms with E-state index in [1.54, 1.807) is 30.3 Å². The fourth-order valence-corrected chi connectivity index (χ4v) is 3.35. The Morgan fingerprint density at radius 3 is 2.53 bits per heavy atom. The number of benzene rings is 3. The van der Waals surface area contributed by atoms with E-state index in [2.05, 4.69) is 21.2 Å². The maximum absolute atomic E-state index is 12.7. The summed E-state index contributed by atoms with van der Waals surface area (Å²) in [6.07, 6.45) is 0. The molecular weight excluding hydrogens is 504 g/mol. The lowest BCUT2D eigenvalue weighted by molar-refractivity contribution is -0.384. The Kier molecular flexibility index (Phi) is 6.93.